The van der Waals surface area contributed by atoms with Crippen LogP contribution in [0, 0.1) is 0 Å². The van der Waals surface area contributed by atoms with Crippen LogP contribution in [0.2, 0.25) is 5.02 Å². The van der Waals surface area contributed by atoms with Gasteiger partial charge >= 0.3 is 0 Å². The highest BCUT2D eigenvalue weighted by Crippen LogP contribution is 2.18. The van der Waals surface area contributed by atoms with E-state index in [1.54, 1.807) is 10.9 Å². The van der Waals surface area contributed by atoms with Gasteiger partial charge in [0, 0.05) is 13.0 Å². The van der Waals surface area contributed by atoms with Gasteiger partial charge < -0.3 is 4.90 Å². The number of carbonyl (C=O) groups excluding carboxylic acids is 1. The summed E-state index contributed by atoms with van der Waals surface area (Å²) in [6.07, 6.45) is 4.00. The van der Waals surface area contributed by atoms with Crippen molar-refractivity contribution in [1.29, 1.82) is 0 Å². The average molecular weight is 258 g/mol. The molecule has 0 amide bonds. The Morgan fingerprint density at radius 3 is 2.82 bits per heavy atom. The lowest BCUT2D eigenvalue weighted by atomic mass is 10.1. The van der Waals surface area contributed by atoms with Crippen molar-refractivity contribution < 1.29 is 4.79 Å². The van der Waals surface area contributed by atoms with Crippen molar-refractivity contribution in [2.24, 2.45) is 0 Å². The SMILES string of the molecule is CCCCC(=O)c1c(Cl)cnn1CCN(C)C. The van der Waals surface area contributed by atoms with Gasteiger partial charge in [-0.2, -0.15) is 5.10 Å². The van der Waals surface area contributed by atoms with E-state index in [2.05, 4.69) is 16.9 Å². The molecule has 0 fully saturated rings. The number of hydrogen-bond acceptors (Lipinski definition) is 3. The van der Waals surface area contributed by atoms with Crippen LogP contribution in [-0.2, 0) is 6.54 Å². The first kappa shape index (κ1) is 14.2. The summed E-state index contributed by atoms with van der Waals surface area (Å²) >= 11 is 6.02. The monoisotopic (exact) mass is 257 g/mol. The molecule has 5 heteroatoms. The highest BCUT2D eigenvalue weighted by molar-refractivity contribution is 6.33. The summed E-state index contributed by atoms with van der Waals surface area (Å²) in [7, 11) is 3.98. The summed E-state index contributed by atoms with van der Waals surface area (Å²) in [5, 5.41) is 4.62. The number of Topliss-reactive ketones (excluding diaryl/α,β-unsaturated/α-hetero) is 1. The van der Waals surface area contributed by atoms with Crippen LogP contribution >= 0.6 is 11.6 Å². The summed E-state index contributed by atoms with van der Waals surface area (Å²) in [6, 6.07) is 0. The second-order valence-electron chi connectivity index (χ2n) is 4.39. The molecular weight excluding hydrogens is 238 g/mol. The summed E-state index contributed by atoms with van der Waals surface area (Å²) in [5.74, 6) is 0.0908. The van der Waals surface area contributed by atoms with Crippen LogP contribution in [0.1, 0.15) is 36.7 Å². The summed E-state index contributed by atoms with van der Waals surface area (Å²) in [5.41, 5.74) is 0.557. The summed E-state index contributed by atoms with van der Waals surface area (Å²) in [4.78, 5) is 14.0. The normalized spacial score (nSPS) is 11.1. The average Bonchev–Trinajstić information content (AvgIpc) is 2.64. The van der Waals surface area contributed by atoms with Crippen LogP contribution in [0.5, 0.6) is 0 Å². The van der Waals surface area contributed by atoms with Gasteiger partial charge in [-0.3, -0.25) is 9.48 Å². The van der Waals surface area contributed by atoms with E-state index in [1.807, 2.05) is 14.1 Å². The van der Waals surface area contributed by atoms with Crippen molar-refractivity contribution in [3.63, 3.8) is 0 Å². The molecule has 0 aliphatic rings. The van der Waals surface area contributed by atoms with Crippen LogP contribution in [0.15, 0.2) is 6.20 Å². The zero-order valence-corrected chi connectivity index (χ0v) is 11.5. The molecule has 1 rings (SSSR count). The summed E-state index contributed by atoms with van der Waals surface area (Å²) in [6.45, 7) is 3.59. The lowest BCUT2D eigenvalue weighted by molar-refractivity contribution is 0.0968. The largest absolute Gasteiger partial charge is 0.308 e. The Morgan fingerprint density at radius 2 is 2.24 bits per heavy atom. The number of nitrogens with zero attached hydrogens (tertiary/aromatic N) is 3. The third-order valence-corrected chi connectivity index (χ3v) is 2.85. The van der Waals surface area contributed by atoms with E-state index in [-0.39, 0.29) is 5.78 Å². The van der Waals surface area contributed by atoms with Crippen LogP contribution in [-0.4, -0.2) is 41.1 Å². The van der Waals surface area contributed by atoms with E-state index in [0.717, 1.165) is 19.4 Å². The number of unbranched alkanes of at least 4 members (excludes halogenated alkanes) is 1. The van der Waals surface area contributed by atoms with Crippen molar-refractivity contribution in [2.45, 2.75) is 32.7 Å². The van der Waals surface area contributed by atoms with Crippen LogP contribution in [0.4, 0.5) is 0 Å². The van der Waals surface area contributed by atoms with E-state index in [9.17, 15) is 4.79 Å². The van der Waals surface area contributed by atoms with Crippen LogP contribution in [0.25, 0.3) is 0 Å². The van der Waals surface area contributed by atoms with E-state index in [4.69, 9.17) is 11.6 Å². The third-order valence-electron chi connectivity index (χ3n) is 2.58. The molecule has 0 radical (unpaired) electrons. The topological polar surface area (TPSA) is 38.1 Å². The number of halogens is 1. The molecule has 0 aliphatic heterocycles. The second-order valence-corrected chi connectivity index (χ2v) is 4.80. The van der Waals surface area contributed by atoms with Gasteiger partial charge in [-0.1, -0.05) is 24.9 Å². The minimum atomic E-state index is 0.0908. The molecule has 1 heterocycles. The Labute approximate surface area is 108 Å². The smallest absolute Gasteiger partial charge is 0.182 e. The number of carbonyl (C=O) groups is 1. The quantitative estimate of drug-likeness (QED) is 0.705. The first-order valence-corrected chi connectivity index (χ1v) is 6.33. The number of hydrogen-bond donors (Lipinski definition) is 0. The Kier molecular flexibility index (Phi) is 5.65. The van der Waals surface area contributed by atoms with Crippen LogP contribution < -0.4 is 0 Å². The van der Waals surface area contributed by atoms with Crippen molar-refractivity contribution in [3.8, 4) is 0 Å². The molecule has 0 unspecified atom stereocenters. The van der Waals surface area contributed by atoms with Gasteiger partial charge in [-0.25, -0.2) is 0 Å². The Hall–Kier alpha value is -0.870. The van der Waals surface area contributed by atoms with Gasteiger partial charge in [0.25, 0.3) is 0 Å². The number of likely N-dealkylation sites (N-methyl/N-ethyl adjacent to an activating group) is 1. The zero-order valence-electron chi connectivity index (χ0n) is 10.7. The molecule has 0 saturated carbocycles. The second kappa shape index (κ2) is 6.77. The lowest BCUT2D eigenvalue weighted by Crippen LogP contribution is -2.21. The summed E-state index contributed by atoms with van der Waals surface area (Å²) < 4.78 is 1.71. The molecule has 0 saturated heterocycles. The fourth-order valence-corrected chi connectivity index (χ4v) is 1.81. The predicted molar refractivity (Wildman–Crippen MR) is 69.6 cm³/mol. The highest BCUT2D eigenvalue weighted by Gasteiger charge is 2.16. The molecule has 96 valence electrons. The maximum Gasteiger partial charge on any atom is 0.182 e. The molecule has 4 nitrogen and oxygen atoms in total. The van der Waals surface area contributed by atoms with Gasteiger partial charge in [-0.05, 0) is 20.5 Å². The van der Waals surface area contributed by atoms with Crippen molar-refractivity contribution >= 4 is 17.4 Å². The standard InChI is InChI=1S/C12H20ClN3O/c1-4-5-6-11(17)12-10(13)9-14-16(12)8-7-15(2)3/h9H,4-8H2,1-3H3. The molecule has 1 aromatic heterocycles. The molecule has 0 aliphatic carbocycles. The Balaban J connectivity index is 2.75. The zero-order chi connectivity index (χ0) is 12.8. The first-order chi connectivity index (χ1) is 8.06. The minimum Gasteiger partial charge on any atom is -0.308 e. The van der Waals surface area contributed by atoms with E-state index >= 15 is 0 Å². The number of aromatic nitrogens is 2. The molecule has 0 aromatic carbocycles. The predicted octanol–water partition coefficient (Wildman–Crippen LogP) is 2.47. The molecular formula is C12H20ClN3O. The fourth-order valence-electron chi connectivity index (χ4n) is 1.56. The molecule has 1 aromatic rings. The van der Waals surface area contributed by atoms with Gasteiger partial charge in [0.1, 0.15) is 5.69 Å². The van der Waals surface area contributed by atoms with Crippen molar-refractivity contribution in [2.75, 3.05) is 20.6 Å². The molecule has 0 N–H and O–H groups in total. The minimum absolute atomic E-state index is 0.0908. The van der Waals surface area contributed by atoms with E-state index in [0.29, 0.717) is 23.7 Å². The van der Waals surface area contributed by atoms with Gasteiger partial charge in [0.2, 0.25) is 0 Å². The van der Waals surface area contributed by atoms with Gasteiger partial charge in [0.05, 0.1) is 17.8 Å². The van der Waals surface area contributed by atoms with Gasteiger partial charge in [-0.15, -0.1) is 0 Å². The number of ketones is 1. The van der Waals surface area contributed by atoms with Crippen molar-refractivity contribution in [3.05, 3.63) is 16.9 Å². The maximum absolute atomic E-state index is 12.0. The van der Waals surface area contributed by atoms with E-state index in [1.165, 1.54) is 0 Å². The van der Waals surface area contributed by atoms with E-state index < -0.39 is 0 Å². The molecule has 0 atom stereocenters. The highest BCUT2D eigenvalue weighted by atomic mass is 35.5. The lowest BCUT2D eigenvalue weighted by Gasteiger charge is -2.11. The first-order valence-electron chi connectivity index (χ1n) is 5.95. The Morgan fingerprint density at radius 1 is 1.53 bits per heavy atom. The van der Waals surface area contributed by atoms with Gasteiger partial charge in [0.15, 0.2) is 5.78 Å². The third kappa shape index (κ3) is 4.13. The number of rotatable bonds is 7. The van der Waals surface area contributed by atoms with Crippen molar-refractivity contribution in [1.82, 2.24) is 14.7 Å². The Bertz CT molecular complexity index is 374. The molecule has 17 heavy (non-hydrogen) atoms. The maximum atomic E-state index is 12.0. The van der Waals surface area contributed by atoms with Crippen LogP contribution in [0.3, 0.4) is 0 Å². The fraction of sp³-hybridized carbons (Fsp3) is 0.667. The molecule has 0 spiro atoms. The molecule has 0 bridgehead atoms.